The van der Waals surface area contributed by atoms with Gasteiger partial charge in [0.25, 0.3) is 0 Å². The van der Waals surface area contributed by atoms with Gasteiger partial charge in [0.2, 0.25) is 0 Å². The van der Waals surface area contributed by atoms with E-state index in [1.54, 1.807) is 73.6 Å². The molecular weight excluding hydrogens is 690 g/mol. The van der Waals surface area contributed by atoms with Crippen LogP contribution in [0.15, 0.2) is 41.5 Å². The number of hydrogen-bond donors (Lipinski definition) is 6. The minimum atomic E-state index is -2.29. The van der Waals surface area contributed by atoms with E-state index in [1.807, 2.05) is 0 Å². The second-order valence-electron chi connectivity index (χ2n) is 18.0. The lowest BCUT2D eigenvalue weighted by Crippen LogP contribution is -2.81. The Labute approximate surface area is 309 Å². The minimum absolute atomic E-state index is 0.0330. The van der Waals surface area contributed by atoms with Gasteiger partial charge < -0.3 is 49.8 Å². The van der Waals surface area contributed by atoms with E-state index in [1.165, 1.54) is 26.0 Å². The van der Waals surface area contributed by atoms with Gasteiger partial charge in [-0.2, -0.15) is 0 Å². The second-order valence-corrected chi connectivity index (χ2v) is 18.0. The molecule has 11 atom stereocenters. The molecule has 294 valence electrons. The van der Waals surface area contributed by atoms with E-state index >= 15 is 0 Å². The van der Waals surface area contributed by atoms with Crippen LogP contribution in [0.1, 0.15) is 92.4 Å². The molecule has 14 nitrogen and oxygen atoms in total. The van der Waals surface area contributed by atoms with Gasteiger partial charge in [-0.05, 0) is 63.3 Å². The average Bonchev–Trinajstić information content (AvgIpc) is 3.04. The number of benzene rings is 1. The zero-order chi connectivity index (χ0) is 39.9. The van der Waals surface area contributed by atoms with E-state index < -0.39 is 112 Å². The molecule has 1 aliphatic heterocycles. The molecule has 1 unspecified atom stereocenters. The molecule has 53 heavy (non-hydrogen) atoms. The molecule has 1 saturated heterocycles. The molecule has 1 heterocycles. The van der Waals surface area contributed by atoms with Crippen LogP contribution in [0.3, 0.4) is 0 Å². The number of alkyl carbamates (subject to hydrolysis) is 1. The van der Waals surface area contributed by atoms with Gasteiger partial charge in [-0.25, -0.2) is 14.4 Å². The van der Waals surface area contributed by atoms with E-state index in [0.717, 1.165) is 0 Å². The number of fused-ring (bicyclic) bond motifs is 5. The highest BCUT2D eigenvalue weighted by molar-refractivity contribution is 5.94. The third-order valence-corrected chi connectivity index (χ3v) is 12.0. The normalized spacial score (nSPS) is 36.3. The summed E-state index contributed by atoms with van der Waals surface area (Å²) in [5.41, 5.74) is -9.23. The fourth-order valence-electron chi connectivity index (χ4n) is 8.93. The van der Waals surface area contributed by atoms with Crippen molar-refractivity contribution in [1.82, 2.24) is 5.32 Å². The van der Waals surface area contributed by atoms with E-state index in [-0.39, 0.29) is 29.7 Å². The number of amides is 1. The molecule has 2 bridgehead atoms. The quantitative estimate of drug-likeness (QED) is 0.140. The number of rotatable bonds is 6. The van der Waals surface area contributed by atoms with Crippen LogP contribution in [0.5, 0.6) is 0 Å². The van der Waals surface area contributed by atoms with Crippen LogP contribution in [-0.4, -0.2) is 115 Å². The Morgan fingerprint density at radius 3 is 2.11 bits per heavy atom. The fourth-order valence-corrected chi connectivity index (χ4v) is 8.93. The Morgan fingerprint density at radius 1 is 0.981 bits per heavy atom. The number of nitrogens with one attached hydrogen (secondary N) is 1. The summed E-state index contributed by atoms with van der Waals surface area (Å²) in [6.45, 7) is 15.7. The van der Waals surface area contributed by atoms with Crippen LogP contribution in [0, 0.1) is 22.2 Å². The van der Waals surface area contributed by atoms with Gasteiger partial charge in [-0.3, -0.25) is 4.79 Å². The highest BCUT2D eigenvalue weighted by Crippen LogP contribution is 2.63. The summed E-state index contributed by atoms with van der Waals surface area (Å²) in [4.78, 5) is 55.1. The smallest absolute Gasteiger partial charge is 0.407 e. The number of esters is 2. The summed E-state index contributed by atoms with van der Waals surface area (Å²) in [6.07, 6.45) is -11.1. The molecule has 1 aromatic rings. The summed E-state index contributed by atoms with van der Waals surface area (Å²) in [7, 11) is 0. The number of ketones is 1. The van der Waals surface area contributed by atoms with E-state index in [9.17, 15) is 44.7 Å². The van der Waals surface area contributed by atoms with Crippen molar-refractivity contribution in [2.45, 2.75) is 142 Å². The number of carbonyl (C=O) groups is 4. The largest absolute Gasteiger partial charge is 0.456 e. The minimum Gasteiger partial charge on any atom is -0.456 e. The van der Waals surface area contributed by atoms with Gasteiger partial charge in [0.15, 0.2) is 11.9 Å². The summed E-state index contributed by atoms with van der Waals surface area (Å²) >= 11 is 0. The molecule has 0 spiro atoms. The van der Waals surface area contributed by atoms with Crippen molar-refractivity contribution < 1.29 is 63.7 Å². The van der Waals surface area contributed by atoms with Crippen LogP contribution < -0.4 is 5.32 Å². The Morgan fingerprint density at radius 2 is 1.58 bits per heavy atom. The Balaban J connectivity index is 1.63. The van der Waals surface area contributed by atoms with Crippen molar-refractivity contribution in [2.75, 3.05) is 6.61 Å². The van der Waals surface area contributed by atoms with Gasteiger partial charge in [0.1, 0.15) is 35.1 Å². The molecule has 4 aliphatic rings. The van der Waals surface area contributed by atoms with E-state index in [4.69, 9.17) is 18.9 Å². The predicted molar refractivity (Wildman–Crippen MR) is 188 cm³/mol. The van der Waals surface area contributed by atoms with E-state index in [2.05, 4.69) is 5.32 Å². The number of ether oxygens (including phenoxy) is 4. The Kier molecular flexibility index (Phi) is 10.3. The maximum Gasteiger partial charge on any atom is 0.407 e. The van der Waals surface area contributed by atoms with Gasteiger partial charge in [0, 0.05) is 24.2 Å². The number of Topliss-reactive ketones (excluding diaryl/α,β-unsaturated/α-hetero) is 1. The van der Waals surface area contributed by atoms with Crippen molar-refractivity contribution in [1.29, 1.82) is 0 Å². The molecule has 2 saturated carbocycles. The molecule has 1 aromatic carbocycles. The van der Waals surface area contributed by atoms with Crippen LogP contribution in [0.25, 0.3) is 0 Å². The second kappa shape index (κ2) is 13.4. The van der Waals surface area contributed by atoms with Crippen LogP contribution in [0.2, 0.25) is 0 Å². The molecule has 3 aliphatic carbocycles. The highest BCUT2D eigenvalue weighted by atomic mass is 16.6. The monoisotopic (exact) mass is 745 g/mol. The van der Waals surface area contributed by atoms with Gasteiger partial charge >= 0.3 is 18.0 Å². The SMILES string of the molecule is CC1=C2[C@@H](O)C(=O)[C@@]3(C)[C@H]([C@H](OC(=O)c4ccccc4)[C@](O)(CC1OC(=O)[C@H](O)[C@@H](NC(=O)OC(C)(C)C)C(C)(C)C)C2(C)C)[C@]1(O)CO[C@@H]1C[C@@H]3O. The van der Waals surface area contributed by atoms with Crippen molar-refractivity contribution in [2.24, 2.45) is 22.2 Å². The van der Waals surface area contributed by atoms with Crippen LogP contribution in [-0.2, 0) is 28.5 Å². The first-order valence-electron chi connectivity index (χ1n) is 18.0. The first kappa shape index (κ1) is 40.8. The number of aliphatic hydroxyl groups excluding tert-OH is 3. The third-order valence-electron chi connectivity index (χ3n) is 12.0. The molecule has 14 heteroatoms. The maximum absolute atomic E-state index is 14.6. The molecule has 0 radical (unpaired) electrons. The fraction of sp³-hybridized carbons (Fsp3) is 0.692. The number of hydrogen-bond acceptors (Lipinski definition) is 13. The molecule has 0 aromatic heterocycles. The first-order valence-corrected chi connectivity index (χ1v) is 18.0. The summed E-state index contributed by atoms with van der Waals surface area (Å²) in [5.74, 6) is -4.48. The summed E-state index contributed by atoms with van der Waals surface area (Å²) < 4.78 is 23.1. The van der Waals surface area contributed by atoms with Crippen LogP contribution >= 0.6 is 0 Å². The van der Waals surface area contributed by atoms with Crippen molar-refractivity contribution >= 4 is 23.8 Å². The molecule has 5 rings (SSSR count). The predicted octanol–water partition coefficient (Wildman–Crippen LogP) is 2.36. The summed E-state index contributed by atoms with van der Waals surface area (Å²) in [5, 5.41) is 62.9. The molecule has 1 amide bonds. The summed E-state index contributed by atoms with van der Waals surface area (Å²) in [6, 6.07) is 6.69. The number of carbonyl (C=O) groups excluding carboxylic acids is 4. The van der Waals surface area contributed by atoms with Gasteiger partial charge in [0.05, 0.1) is 35.8 Å². The third kappa shape index (κ3) is 6.69. The average molecular weight is 746 g/mol. The lowest BCUT2D eigenvalue weighted by Gasteiger charge is -2.66. The van der Waals surface area contributed by atoms with Gasteiger partial charge in [-0.1, -0.05) is 52.8 Å². The van der Waals surface area contributed by atoms with Crippen molar-refractivity contribution in [3.63, 3.8) is 0 Å². The zero-order valence-corrected chi connectivity index (χ0v) is 32.1. The van der Waals surface area contributed by atoms with Crippen molar-refractivity contribution in [3.05, 3.63) is 47.0 Å². The zero-order valence-electron chi connectivity index (χ0n) is 32.1. The lowest BCUT2D eigenvalue weighted by molar-refractivity contribution is -0.343. The standard InChI is InChI=1S/C39H55NO13/c1-19-21(51-32(46)26(43)28(34(2,3)4)40-33(47)53-35(5,6)7)17-39(49)30(52-31(45)20-14-12-11-13-15-20)27-37(10,22(41)16-23-38(27,48)18-50-23)29(44)25(42)24(19)36(39,8)9/h11-15,21-23,25-28,30,41-43,48-49H,16-18H2,1-10H3,(H,40,47)/t21?,22-,23+,25+,26+,27-,28+,30-,37+,38-,39+/m0/s1. The van der Waals surface area contributed by atoms with Crippen LogP contribution in [0.4, 0.5) is 4.79 Å². The van der Waals surface area contributed by atoms with Crippen molar-refractivity contribution in [3.8, 4) is 0 Å². The van der Waals surface area contributed by atoms with Gasteiger partial charge in [-0.15, -0.1) is 0 Å². The molecular formula is C39H55NO13. The Bertz CT molecular complexity index is 1660. The van der Waals surface area contributed by atoms with E-state index in [0.29, 0.717) is 0 Å². The highest BCUT2D eigenvalue weighted by Gasteiger charge is 2.76. The number of aliphatic hydroxyl groups is 5. The topological polar surface area (TPSA) is 218 Å². The lowest BCUT2D eigenvalue weighted by atomic mass is 9.44. The maximum atomic E-state index is 14.6. The Hall–Kier alpha value is -3.40. The molecule has 3 fully saturated rings. The first-order chi connectivity index (χ1) is 24.2. The molecule has 6 N–H and O–H groups in total.